The molecule has 0 aliphatic heterocycles. The Morgan fingerprint density at radius 3 is 2.50 bits per heavy atom. The fourth-order valence-electron chi connectivity index (χ4n) is 3.48. The molecule has 0 saturated carbocycles. The maximum absolute atomic E-state index is 12.8. The quantitative estimate of drug-likeness (QED) is 0.284. The highest BCUT2D eigenvalue weighted by atomic mass is 16.5. The number of methoxy groups -OCH3 is 1. The van der Waals surface area contributed by atoms with Gasteiger partial charge in [0, 0.05) is 30.4 Å². The molecule has 0 fully saturated rings. The van der Waals surface area contributed by atoms with Crippen LogP contribution in [0.5, 0.6) is 5.75 Å². The summed E-state index contributed by atoms with van der Waals surface area (Å²) >= 11 is 0. The smallest absolute Gasteiger partial charge is 0.326 e. The van der Waals surface area contributed by atoms with Crippen molar-refractivity contribution in [3.8, 4) is 16.9 Å². The number of unbranched alkanes of at least 4 members (excludes halogenated alkanes) is 1. The van der Waals surface area contributed by atoms with Gasteiger partial charge in [0.25, 0.3) is 0 Å². The summed E-state index contributed by atoms with van der Waals surface area (Å²) in [6.45, 7) is 2.74. The zero-order valence-corrected chi connectivity index (χ0v) is 20.0. The lowest BCUT2D eigenvalue weighted by Gasteiger charge is -2.20. The molecule has 6 nitrogen and oxygen atoms in total. The number of nitrogens with one attached hydrogen (secondary N) is 1. The molecule has 0 aromatic heterocycles. The van der Waals surface area contributed by atoms with Crippen molar-refractivity contribution in [2.24, 2.45) is 0 Å². The van der Waals surface area contributed by atoms with Gasteiger partial charge in [-0.25, -0.2) is 4.79 Å². The van der Waals surface area contributed by atoms with Gasteiger partial charge in [-0.15, -0.1) is 0 Å². The Labute approximate surface area is 201 Å². The third-order valence-electron chi connectivity index (χ3n) is 5.52. The second-order valence-electron chi connectivity index (χ2n) is 8.01. The lowest BCUT2D eigenvalue weighted by atomic mass is 10.00. The molecule has 3 aromatic rings. The van der Waals surface area contributed by atoms with Crippen LogP contribution in [0.3, 0.4) is 0 Å². The van der Waals surface area contributed by atoms with Gasteiger partial charge in [-0.05, 0) is 54.3 Å². The summed E-state index contributed by atoms with van der Waals surface area (Å²) in [5.41, 5.74) is 4.40. The minimum absolute atomic E-state index is 0.221. The SMILES string of the molecule is CCCCOc1cc(CCC(=O)OC)ccc1-c1cccc(N(C)C(=O)Nc2ccccc2)c1. The Morgan fingerprint density at radius 2 is 1.76 bits per heavy atom. The Hall–Kier alpha value is -3.80. The number of hydrogen-bond donors (Lipinski definition) is 1. The first-order chi connectivity index (χ1) is 16.5. The molecular formula is C28H32N2O4. The Morgan fingerprint density at radius 1 is 0.971 bits per heavy atom. The summed E-state index contributed by atoms with van der Waals surface area (Å²) in [5, 5.41) is 2.91. The van der Waals surface area contributed by atoms with Gasteiger partial charge in [-0.1, -0.05) is 55.8 Å². The van der Waals surface area contributed by atoms with E-state index in [0.29, 0.717) is 19.4 Å². The molecule has 178 valence electrons. The molecule has 1 N–H and O–H groups in total. The Balaban J connectivity index is 1.83. The van der Waals surface area contributed by atoms with Crippen LogP contribution in [0, 0.1) is 0 Å². The second kappa shape index (κ2) is 12.4. The Kier molecular flexibility index (Phi) is 9.09. The first-order valence-corrected chi connectivity index (χ1v) is 11.5. The second-order valence-corrected chi connectivity index (χ2v) is 8.01. The molecule has 0 aliphatic carbocycles. The first kappa shape index (κ1) is 24.8. The van der Waals surface area contributed by atoms with Crippen molar-refractivity contribution in [3.63, 3.8) is 0 Å². The molecule has 0 bridgehead atoms. The third kappa shape index (κ3) is 6.85. The van der Waals surface area contributed by atoms with Crippen LogP contribution in [-0.4, -0.2) is 32.8 Å². The standard InChI is InChI=1S/C28H32N2O4/c1-4-5-18-34-26-19-21(15-17-27(31)33-3)14-16-25(26)22-10-9-13-24(20-22)30(2)28(32)29-23-11-7-6-8-12-23/h6-14,16,19-20H,4-5,15,17-18H2,1-3H3,(H,29,32). The number of urea groups is 1. The van der Waals surface area contributed by atoms with E-state index in [9.17, 15) is 9.59 Å². The van der Waals surface area contributed by atoms with Crippen LogP contribution in [0.2, 0.25) is 0 Å². The van der Waals surface area contributed by atoms with Gasteiger partial charge < -0.3 is 14.8 Å². The van der Waals surface area contributed by atoms with Crippen molar-refractivity contribution in [3.05, 3.63) is 78.4 Å². The van der Waals surface area contributed by atoms with E-state index in [1.54, 1.807) is 11.9 Å². The average molecular weight is 461 g/mol. The molecule has 0 saturated heterocycles. The number of aryl methyl sites for hydroxylation is 1. The fourth-order valence-corrected chi connectivity index (χ4v) is 3.48. The van der Waals surface area contributed by atoms with E-state index in [4.69, 9.17) is 9.47 Å². The Bertz CT molecular complexity index is 1100. The van der Waals surface area contributed by atoms with Crippen LogP contribution >= 0.6 is 0 Å². The predicted octanol–water partition coefficient (Wildman–Crippen LogP) is 6.31. The van der Waals surface area contributed by atoms with Crippen molar-refractivity contribution in [1.82, 2.24) is 0 Å². The molecule has 3 rings (SSSR count). The molecule has 0 unspecified atom stereocenters. The van der Waals surface area contributed by atoms with E-state index < -0.39 is 0 Å². The average Bonchev–Trinajstić information content (AvgIpc) is 2.87. The molecule has 0 spiro atoms. The maximum Gasteiger partial charge on any atom is 0.326 e. The summed E-state index contributed by atoms with van der Waals surface area (Å²) < 4.78 is 10.9. The van der Waals surface area contributed by atoms with E-state index in [0.717, 1.165) is 46.7 Å². The lowest BCUT2D eigenvalue weighted by molar-refractivity contribution is -0.140. The van der Waals surface area contributed by atoms with Crippen molar-refractivity contribution in [2.75, 3.05) is 31.0 Å². The van der Waals surface area contributed by atoms with Crippen LogP contribution in [0.4, 0.5) is 16.2 Å². The number of esters is 1. The van der Waals surface area contributed by atoms with Crippen molar-refractivity contribution >= 4 is 23.4 Å². The van der Waals surface area contributed by atoms with Crippen LogP contribution in [-0.2, 0) is 16.0 Å². The highest BCUT2D eigenvalue weighted by Gasteiger charge is 2.14. The van der Waals surface area contributed by atoms with Crippen LogP contribution < -0.4 is 15.0 Å². The first-order valence-electron chi connectivity index (χ1n) is 11.5. The molecular weight excluding hydrogens is 428 g/mol. The van der Waals surface area contributed by atoms with Crippen molar-refractivity contribution < 1.29 is 19.1 Å². The number of nitrogens with zero attached hydrogens (tertiary/aromatic N) is 1. The predicted molar refractivity (Wildman–Crippen MR) is 136 cm³/mol. The minimum atomic E-state index is -0.234. The monoisotopic (exact) mass is 460 g/mol. The largest absolute Gasteiger partial charge is 0.493 e. The summed E-state index contributed by atoms with van der Waals surface area (Å²) in [4.78, 5) is 25.9. The molecule has 6 heteroatoms. The van der Waals surface area contributed by atoms with Crippen molar-refractivity contribution in [2.45, 2.75) is 32.6 Å². The summed E-state index contributed by atoms with van der Waals surface area (Å²) in [6.07, 6.45) is 2.89. The number of carbonyl (C=O) groups is 2. The van der Waals surface area contributed by atoms with Gasteiger partial charge in [-0.3, -0.25) is 9.69 Å². The number of benzene rings is 3. The number of hydrogen-bond acceptors (Lipinski definition) is 4. The maximum atomic E-state index is 12.8. The van der Waals surface area contributed by atoms with E-state index in [1.807, 2.05) is 72.8 Å². The van der Waals surface area contributed by atoms with Crippen LogP contribution in [0.15, 0.2) is 72.8 Å². The van der Waals surface area contributed by atoms with Crippen molar-refractivity contribution in [1.29, 1.82) is 0 Å². The highest BCUT2D eigenvalue weighted by molar-refractivity contribution is 6.01. The number of anilines is 2. The van der Waals surface area contributed by atoms with E-state index in [-0.39, 0.29) is 12.0 Å². The molecule has 3 aromatic carbocycles. The van der Waals surface area contributed by atoms with Gasteiger partial charge in [-0.2, -0.15) is 0 Å². The summed E-state index contributed by atoms with van der Waals surface area (Å²) in [5.74, 6) is 0.534. The number of para-hydroxylation sites is 1. The van der Waals surface area contributed by atoms with Gasteiger partial charge >= 0.3 is 12.0 Å². The lowest BCUT2D eigenvalue weighted by Crippen LogP contribution is -2.31. The van der Waals surface area contributed by atoms with Gasteiger partial charge in [0.15, 0.2) is 0 Å². The highest BCUT2D eigenvalue weighted by Crippen LogP contribution is 2.34. The molecule has 34 heavy (non-hydrogen) atoms. The minimum Gasteiger partial charge on any atom is -0.493 e. The number of carbonyl (C=O) groups excluding carboxylic acids is 2. The number of rotatable bonds is 10. The molecule has 2 amide bonds. The van der Waals surface area contributed by atoms with Crippen LogP contribution in [0.25, 0.3) is 11.1 Å². The zero-order valence-electron chi connectivity index (χ0n) is 20.0. The van der Waals surface area contributed by atoms with E-state index >= 15 is 0 Å². The third-order valence-corrected chi connectivity index (χ3v) is 5.52. The van der Waals surface area contributed by atoms with Gasteiger partial charge in [0.05, 0.1) is 13.7 Å². The molecule has 0 heterocycles. The summed E-state index contributed by atoms with van der Waals surface area (Å²) in [7, 11) is 3.14. The van der Waals surface area contributed by atoms with Crippen LogP contribution in [0.1, 0.15) is 31.7 Å². The molecule has 0 radical (unpaired) electrons. The van der Waals surface area contributed by atoms with Gasteiger partial charge in [0.1, 0.15) is 5.75 Å². The molecule has 0 aliphatic rings. The van der Waals surface area contributed by atoms with E-state index in [1.165, 1.54) is 7.11 Å². The molecule has 0 atom stereocenters. The summed E-state index contributed by atoms with van der Waals surface area (Å²) in [6, 6.07) is 23.0. The normalized spacial score (nSPS) is 10.4. The zero-order chi connectivity index (χ0) is 24.3. The van der Waals surface area contributed by atoms with Gasteiger partial charge in [0.2, 0.25) is 0 Å². The van der Waals surface area contributed by atoms with E-state index in [2.05, 4.69) is 12.2 Å². The number of ether oxygens (including phenoxy) is 2. The topological polar surface area (TPSA) is 67.9 Å². The fraction of sp³-hybridized carbons (Fsp3) is 0.286. The number of amides is 2.